The summed E-state index contributed by atoms with van der Waals surface area (Å²) in [5, 5.41) is 13.7. The Labute approximate surface area is 230 Å². The first kappa shape index (κ1) is 27.7. The average Bonchev–Trinajstić information content (AvgIpc) is 3.17. The van der Waals surface area contributed by atoms with Gasteiger partial charge in [-0.3, -0.25) is 14.7 Å². The van der Waals surface area contributed by atoms with E-state index in [1.807, 2.05) is 11.0 Å². The van der Waals surface area contributed by atoms with Gasteiger partial charge in [0.05, 0.1) is 43.4 Å². The van der Waals surface area contributed by atoms with Crippen LogP contribution in [0.4, 0.5) is 10.1 Å². The summed E-state index contributed by atoms with van der Waals surface area (Å²) < 4.78 is 19.0. The molecular formula is C30H40FN5O3. The highest BCUT2D eigenvalue weighted by Crippen LogP contribution is 2.41. The van der Waals surface area contributed by atoms with Gasteiger partial charge < -0.3 is 25.0 Å². The number of carbonyl (C=O) groups excluding carboxylic acids is 1. The number of fused-ring (bicyclic) bond motifs is 1. The first-order chi connectivity index (χ1) is 18.6. The van der Waals surface area contributed by atoms with Crippen molar-refractivity contribution in [2.24, 2.45) is 0 Å². The second-order valence-electron chi connectivity index (χ2n) is 11.7. The van der Waals surface area contributed by atoms with Crippen LogP contribution in [-0.4, -0.2) is 90.4 Å². The number of aliphatic hydroxyl groups is 1. The van der Waals surface area contributed by atoms with Crippen molar-refractivity contribution in [3.63, 3.8) is 0 Å². The maximum absolute atomic E-state index is 13.9. The molecule has 2 saturated heterocycles. The summed E-state index contributed by atoms with van der Waals surface area (Å²) in [5.74, 6) is -0.238. The summed E-state index contributed by atoms with van der Waals surface area (Å²) in [4.78, 5) is 25.2. The van der Waals surface area contributed by atoms with Crippen LogP contribution in [0.1, 0.15) is 43.3 Å². The molecule has 39 heavy (non-hydrogen) atoms. The van der Waals surface area contributed by atoms with E-state index in [2.05, 4.69) is 42.5 Å². The van der Waals surface area contributed by atoms with Crippen LogP contribution >= 0.6 is 0 Å². The topological polar surface area (TPSA) is 81.2 Å². The van der Waals surface area contributed by atoms with Crippen molar-refractivity contribution in [3.8, 4) is 0 Å². The number of hydrogen-bond acceptors (Lipinski definition) is 7. The minimum absolute atomic E-state index is 0.0491. The number of nitrogens with zero attached hydrogens (tertiary/aromatic N) is 4. The van der Waals surface area contributed by atoms with Crippen molar-refractivity contribution < 1.29 is 19.0 Å². The number of pyridine rings is 1. The second kappa shape index (κ2) is 11.3. The Morgan fingerprint density at radius 2 is 2.08 bits per heavy atom. The van der Waals surface area contributed by atoms with Crippen molar-refractivity contribution in [3.05, 3.63) is 70.9 Å². The molecule has 210 valence electrons. The lowest BCUT2D eigenvalue weighted by Crippen LogP contribution is -2.61. The van der Waals surface area contributed by atoms with Crippen LogP contribution < -0.4 is 10.2 Å². The molecule has 3 aliphatic rings. The van der Waals surface area contributed by atoms with Crippen LogP contribution in [0.15, 0.2) is 42.6 Å². The number of hydrogen-bond donors (Lipinski definition) is 2. The van der Waals surface area contributed by atoms with Crippen LogP contribution in [0, 0.1) is 5.82 Å². The first-order valence-corrected chi connectivity index (χ1v) is 13.8. The van der Waals surface area contributed by atoms with Gasteiger partial charge in [0.25, 0.3) is 0 Å². The molecule has 0 radical (unpaired) electrons. The van der Waals surface area contributed by atoms with Gasteiger partial charge in [0.1, 0.15) is 5.82 Å². The molecule has 9 heteroatoms. The monoisotopic (exact) mass is 537 g/mol. The van der Waals surface area contributed by atoms with Gasteiger partial charge in [0.15, 0.2) is 0 Å². The van der Waals surface area contributed by atoms with Crippen LogP contribution in [0.2, 0.25) is 0 Å². The van der Waals surface area contributed by atoms with Gasteiger partial charge in [-0.15, -0.1) is 0 Å². The molecule has 0 unspecified atom stereocenters. The van der Waals surface area contributed by atoms with Gasteiger partial charge in [0, 0.05) is 55.9 Å². The van der Waals surface area contributed by atoms with E-state index in [-0.39, 0.29) is 29.8 Å². The van der Waals surface area contributed by atoms with E-state index in [1.165, 1.54) is 12.1 Å². The first-order valence-electron chi connectivity index (χ1n) is 13.8. The third-order valence-electron chi connectivity index (χ3n) is 8.13. The van der Waals surface area contributed by atoms with Gasteiger partial charge in [-0.2, -0.15) is 0 Å². The number of anilines is 1. The summed E-state index contributed by atoms with van der Waals surface area (Å²) in [5.41, 5.74) is 4.65. The number of benzene rings is 1. The zero-order valence-corrected chi connectivity index (χ0v) is 23.3. The van der Waals surface area contributed by atoms with Crippen LogP contribution in [0.3, 0.4) is 0 Å². The fourth-order valence-electron chi connectivity index (χ4n) is 5.93. The van der Waals surface area contributed by atoms with E-state index in [0.29, 0.717) is 44.5 Å². The number of nitrogens with one attached hydrogen (secondary N) is 1. The maximum atomic E-state index is 13.9. The van der Waals surface area contributed by atoms with Gasteiger partial charge in [-0.1, -0.05) is 32.6 Å². The molecule has 2 N–H and O–H groups in total. The number of halogens is 1. The molecule has 1 aromatic heterocycles. The lowest BCUT2D eigenvalue weighted by Gasteiger charge is -2.43. The number of ether oxygens (including phenoxy) is 1. The molecule has 0 spiro atoms. The minimum atomic E-state index is -0.342. The molecule has 2 fully saturated rings. The number of piperazine rings is 1. The molecule has 4 heterocycles. The summed E-state index contributed by atoms with van der Waals surface area (Å²) >= 11 is 0. The zero-order valence-electron chi connectivity index (χ0n) is 23.3. The molecule has 0 bridgehead atoms. The fraction of sp³-hybridized carbons (Fsp3) is 0.533. The standard InChI is InChI=1S/C30H40FN5O3/c1-20-14-35(25(13-32-20)15-34-9-10-39-18-21(34)2)16-28(38)36-19-30(3,4)29-27(36)12-23(26(17-37)33-29)11-22-5-7-24(31)8-6-22/h5-8,12,20,25,32,37H,2,9-11,13-19H2,1,3-4H3/t20-,25-/m1/s1. The summed E-state index contributed by atoms with van der Waals surface area (Å²) in [7, 11) is 0. The Bertz CT molecular complexity index is 1220. The number of aromatic nitrogens is 1. The SMILES string of the molecule is C=C1COCCN1C[C@H]1CN[C@H](C)CN1CC(=O)N1CC(C)(C)c2nc(CO)c(Cc3ccc(F)cc3)cc21. The number of morpholine rings is 1. The molecule has 0 saturated carbocycles. The van der Waals surface area contributed by atoms with Crippen molar-refractivity contribution in [1.82, 2.24) is 20.1 Å². The normalized spacial score (nSPS) is 23.3. The summed E-state index contributed by atoms with van der Waals surface area (Å²) in [6.07, 6.45) is 0.500. The van der Waals surface area contributed by atoms with Crippen molar-refractivity contribution in [2.75, 3.05) is 57.4 Å². The zero-order chi connectivity index (χ0) is 27.7. The molecule has 1 aromatic carbocycles. The lowest BCUT2D eigenvalue weighted by molar-refractivity contribution is -0.120. The molecule has 2 atom stereocenters. The predicted molar refractivity (Wildman–Crippen MR) is 149 cm³/mol. The summed E-state index contributed by atoms with van der Waals surface area (Å²) in [6.45, 7) is 15.6. The number of rotatable bonds is 7. The molecule has 5 rings (SSSR count). The highest BCUT2D eigenvalue weighted by molar-refractivity contribution is 5.97. The van der Waals surface area contributed by atoms with Gasteiger partial charge in [-0.05, 0) is 42.7 Å². The Hall–Kier alpha value is -2.85. The minimum Gasteiger partial charge on any atom is -0.390 e. The van der Waals surface area contributed by atoms with E-state index in [1.54, 1.807) is 12.1 Å². The molecule has 3 aliphatic heterocycles. The van der Waals surface area contributed by atoms with E-state index in [0.717, 1.165) is 54.4 Å². The molecule has 8 nitrogen and oxygen atoms in total. The third-order valence-corrected chi connectivity index (χ3v) is 8.13. The van der Waals surface area contributed by atoms with Crippen molar-refractivity contribution >= 4 is 11.6 Å². The van der Waals surface area contributed by atoms with E-state index in [9.17, 15) is 14.3 Å². The Morgan fingerprint density at radius 3 is 2.79 bits per heavy atom. The van der Waals surface area contributed by atoms with E-state index in [4.69, 9.17) is 9.72 Å². The van der Waals surface area contributed by atoms with Gasteiger partial charge >= 0.3 is 0 Å². The maximum Gasteiger partial charge on any atom is 0.241 e. The smallest absolute Gasteiger partial charge is 0.241 e. The number of amides is 1. The van der Waals surface area contributed by atoms with Gasteiger partial charge in [0.2, 0.25) is 5.91 Å². The predicted octanol–water partition coefficient (Wildman–Crippen LogP) is 2.44. The molecular weight excluding hydrogens is 497 g/mol. The van der Waals surface area contributed by atoms with Crippen molar-refractivity contribution in [1.29, 1.82) is 0 Å². The highest BCUT2D eigenvalue weighted by Gasteiger charge is 2.41. The Kier molecular flexibility index (Phi) is 8.05. The second-order valence-corrected chi connectivity index (χ2v) is 11.7. The van der Waals surface area contributed by atoms with Crippen LogP contribution in [0.5, 0.6) is 0 Å². The molecule has 2 aromatic rings. The van der Waals surface area contributed by atoms with Gasteiger partial charge in [-0.25, -0.2) is 4.39 Å². The fourth-order valence-corrected chi connectivity index (χ4v) is 5.93. The van der Waals surface area contributed by atoms with E-state index >= 15 is 0 Å². The van der Waals surface area contributed by atoms with Crippen LogP contribution in [0.25, 0.3) is 0 Å². The molecule has 1 amide bonds. The Balaban J connectivity index is 1.38. The lowest BCUT2D eigenvalue weighted by atomic mass is 9.90. The Morgan fingerprint density at radius 1 is 1.31 bits per heavy atom. The van der Waals surface area contributed by atoms with Crippen LogP contribution in [-0.2, 0) is 28.0 Å². The largest absolute Gasteiger partial charge is 0.390 e. The number of carbonyl (C=O) groups is 1. The quantitative estimate of drug-likeness (QED) is 0.562. The summed E-state index contributed by atoms with van der Waals surface area (Å²) in [6, 6.07) is 8.82. The number of aliphatic hydroxyl groups excluding tert-OH is 1. The van der Waals surface area contributed by atoms with Crippen molar-refractivity contribution in [2.45, 2.75) is 51.3 Å². The highest BCUT2D eigenvalue weighted by atomic mass is 19.1. The van der Waals surface area contributed by atoms with E-state index < -0.39 is 0 Å². The third kappa shape index (κ3) is 6.01. The average molecular weight is 538 g/mol. The molecule has 0 aliphatic carbocycles.